The highest BCUT2D eigenvalue weighted by molar-refractivity contribution is 5.88. The zero-order valence-corrected chi connectivity index (χ0v) is 18.1. The van der Waals surface area contributed by atoms with Gasteiger partial charge in [0.25, 0.3) is 0 Å². The molecule has 0 fully saturated rings. The molecule has 2 amide bonds. The number of benzene rings is 2. The van der Waals surface area contributed by atoms with E-state index in [1.165, 1.54) is 0 Å². The van der Waals surface area contributed by atoms with E-state index >= 15 is 0 Å². The standard InChI is InChI=1S/C24H32N2O3/c1-6-22(24(28)25-17(2)3)26(16-20-11-13-21(29-5)14-12-20)23(27)15-19-9-7-18(4)8-10-19/h7-14,17,22H,6,15-16H2,1-5H3,(H,25,28)/t22-/m0/s1. The molecule has 0 aliphatic heterocycles. The number of hydrogen-bond acceptors (Lipinski definition) is 3. The maximum atomic E-state index is 13.2. The van der Waals surface area contributed by atoms with Crippen LogP contribution in [0.4, 0.5) is 0 Å². The van der Waals surface area contributed by atoms with Crippen LogP contribution in [0.3, 0.4) is 0 Å². The predicted octanol–water partition coefficient (Wildman–Crippen LogP) is 3.88. The molecule has 0 heterocycles. The van der Waals surface area contributed by atoms with Crippen molar-refractivity contribution in [3.05, 3.63) is 65.2 Å². The van der Waals surface area contributed by atoms with Crippen LogP contribution < -0.4 is 10.1 Å². The van der Waals surface area contributed by atoms with Gasteiger partial charge in [-0.1, -0.05) is 48.9 Å². The van der Waals surface area contributed by atoms with Gasteiger partial charge >= 0.3 is 0 Å². The van der Waals surface area contributed by atoms with Crippen LogP contribution in [0.2, 0.25) is 0 Å². The first-order chi connectivity index (χ1) is 13.8. The molecule has 29 heavy (non-hydrogen) atoms. The number of carbonyl (C=O) groups is 2. The minimum absolute atomic E-state index is 0.0200. The van der Waals surface area contributed by atoms with E-state index in [1.807, 2.05) is 76.2 Å². The van der Waals surface area contributed by atoms with E-state index in [0.29, 0.717) is 13.0 Å². The molecule has 0 aliphatic rings. The second-order valence-corrected chi connectivity index (χ2v) is 7.62. The van der Waals surface area contributed by atoms with Gasteiger partial charge in [0.2, 0.25) is 11.8 Å². The summed E-state index contributed by atoms with van der Waals surface area (Å²) in [5.41, 5.74) is 3.05. The Hall–Kier alpha value is -2.82. The molecule has 0 unspecified atom stereocenters. The molecular formula is C24H32N2O3. The Morgan fingerprint density at radius 1 is 1.00 bits per heavy atom. The fourth-order valence-electron chi connectivity index (χ4n) is 3.21. The summed E-state index contributed by atoms with van der Waals surface area (Å²) in [6, 6.07) is 15.0. The van der Waals surface area contributed by atoms with Gasteiger partial charge in [-0.15, -0.1) is 0 Å². The van der Waals surface area contributed by atoms with Crippen molar-refractivity contribution in [3.63, 3.8) is 0 Å². The maximum Gasteiger partial charge on any atom is 0.243 e. The Bertz CT molecular complexity index is 798. The van der Waals surface area contributed by atoms with Gasteiger partial charge in [-0.2, -0.15) is 0 Å². The largest absolute Gasteiger partial charge is 0.497 e. The van der Waals surface area contributed by atoms with Crippen molar-refractivity contribution < 1.29 is 14.3 Å². The molecule has 0 saturated carbocycles. The fourth-order valence-corrected chi connectivity index (χ4v) is 3.21. The number of ether oxygens (including phenoxy) is 1. The fraction of sp³-hybridized carbons (Fsp3) is 0.417. The van der Waals surface area contributed by atoms with Gasteiger partial charge in [-0.25, -0.2) is 0 Å². The summed E-state index contributed by atoms with van der Waals surface area (Å²) >= 11 is 0. The van der Waals surface area contributed by atoms with Crippen molar-refractivity contribution in [1.29, 1.82) is 0 Å². The molecule has 0 saturated heterocycles. The van der Waals surface area contributed by atoms with Crippen LogP contribution in [0.25, 0.3) is 0 Å². The third kappa shape index (κ3) is 6.63. The Morgan fingerprint density at radius 2 is 1.59 bits per heavy atom. The highest BCUT2D eigenvalue weighted by Gasteiger charge is 2.28. The SMILES string of the molecule is CC[C@@H](C(=O)NC(C)C)N(Cc1ccc(OC)cc1)C(=O)Cc1ccc(C)cc1. The molecule has 5 nitrogen and oxygen atoms in total. The summed E-state index contributed by atoms with van der Waals surface area (Å²) in [4.78, 5) is 27.7. The Morgan fingerprint density at radius 3 is 2.10 bits per heavy atom. The molecule has 0 aromatic heterocycles. The molecule has 5 heteroatoms. The topological polar surface area (TPSA) is 58.6 Å². The first kappa shape index (κ1) is 22.5. The quantitative estimate of drug-likeness (QED) is 0.700. The summed E-state index contributed by atoms with van der Waals surface area (Å²) in [5.74, 6) is 0.583. The second-order valence-electron chi connectivity index (χ2n) is 7.62. The molecule has 156 valence electrons. The van der Waals surface area contributed by atoms with Crippen molar-refractivity contribution in [2.75, 3.05) is 7.11 Å². The van der Waals surface area contributed by atoms with Crippen LogP contribution in [0.1, 0.15) is 43.9 Å². The first-order valence-corrected chi connectivity index (χ1v) is 10.1. The van der Waals surface area contributed by atoms with Gasteiger partial charge < -0.3 is 15.0 Å². The highest BCUT2D eigenvalue weighted by atomic mass is 16.5. The van der Waals surface area contributed by atoms with Crippen molar-refractivity contribution in [3.8, 4) is 5.75 Å². The van der Waals surface area contributed by atoms with E-state index in [0.717, 1.165) is 22.4 Å². The number of carbonyl (C=O) groups excluding carboxylic acids is 2. The molecule has 0 spiro atoms. The third-order valence-electron chi connectivity index (χ3n) is 4.80. The van der Waals surface area contributed by atoms with E-state index in [1.54, 1.807) is 12.0 Å². The zero-order chi connectivity index (χ0) is 21.4. The molecule has 0 aliphatic carbocycles. The minimum atomic E-state index is -0.516. The van der Waals surface area contributed by atoms with E-state index in [2.05, 4.69) is 5.32 Å². The Kier molecular flexibility index (Phi) is 8.25. The lowest BCUT2D eigenvalue weighted by Gasteiger charge is -2.31. The number of amides is 2. The van der Waals surface area contributed by atoms with Crippen LogP contribution in [-0.4, -0.2) is 35.9 Å². The van der Waals surface area contributed by atoms with Crippen molar-refractivity contribution in [1.82, 2.24) is 10.2 Å². The Labute approximate surface area is 174 Å². The molecule has 0 bridgehead atoms. The van der Waals surface area contributed by atoms with Crippen LogP contribution in [0, 0.1) is 6.92 Å². The second kappa shape index (κ2) is 10.6. The van der Waals surface area contributed by atoms with E-state index < -0.39 is 6.04 Å². The number of aryl methyl sites for hydroxylation is 1. The van der Waals surface area contributed by atoms with Gasteiger partial charge in [0.1, 0.15) is 11.8 Å². The van der Waals surface area contributed by atoms with Crippen molar-refractivity contribution >= 4 is 11.8 Å². The van der Waals surface area contributed by atoms with Crippen LogP contribution >= 0.6 is 0 Å². The smallest absolute Gasteiger partial charge is 0.243 e. The van der Waals surface area contributed by atoms with E-state index in [9.17, 15) is 9.59 Å². The average Bonchev–Trinajstić information content (AvgIpc) is 2.69. The predicted molar refractivity (Wildman–Crippen MR) is 116 cm³/mol. The van der Waals surface area contributed by atoms with E-state index in [-0.39, 0.29) is 24.3 Å². The lowest BCUT2D eigenvalue weighted by Crippen LogP contribution is -2.50. The molecule has 2 aromatic rings. The highest BCUT2D eigenvalue weighted by Crippen LogP contribution is 2.18. The maximum absolute atomic E-state index is 13.2. The number of nitrogens with one attached hydrogen (secondary N) is 1. The first-order valence-electron chi connectivity index (χ1n) is 10.1. The van der Waals surface area contributed by atoms with Crippen LogP contribution in [-0.2, 0) is 22.6 Å². The van der Waals surface area contributed by atoms with Gasteiger partial charge in [-0.3, -0.25) is 9.59 Å². The molecule has 2 aromatic carbocycles. The number of nitrogens with zero attached hydrogens (tertiary/aromatic N) is 1. The number of methoxy groups -OCH3 is 1. The van der Waals surface area contributed by atoms with Gasteiger partial charge in [0.05, 0.1) is 13.5 Å². The summed E-state index contributed by atoms with van der Waals surface area (Å²) < 4.78 is 5.22. The monoisotopic (exact) mass is 396 g/mol. The normalized spacial score (nSPS) is 11.8. The lowest BCUT2D eigenvalue weighted by atomic mass is 10.1. The molecule has 0 radical (unpaired) electrons. The van der Waals surface area contributed by atoms with Crippen molar-refractivity contribution in [2.24, 2.45) is 0 Å². The van der Waals surface area contributed by atoms with Crippen LogP contribution in [0.15, 0.2) is 48.5 Å². The van der Waals surface area contributed by atoms with Gasteiger partial charge in [0, 0.05) is 12.6 Å². The van der Waals surface area contributed by atoms with Crippen LogP contribution in [0.5, 0.6) is 5.75 Å². The lowest BCUT2D eigenvalue weighted by molar-refractivity contribution is -0.141. The molecule has 1 atom stereocenters. The zero-order valence-electron chi connectivity index (χ0n) is 18.1. The third-order valence-corrected chi connectivity index (χ3v) is 4.80. The summed E-state index contributed by atoms with van der Waals surface area (Å²) in [5, 5.41) is 2.95. The number of hydrogen-bond donors (Lipinski definition) is 1. The van der Waals surface area contributed by atoms with Gasteiger partial charge in [-0.05, 0) is 50.5 Å². The summed E-state index contributed by atoms with van der Waals surface area (Å²) in [7, 11) is 1.62. The van der Waals surface area contributed by atoms with Crippen molar-refractivity contribution in [2.45, 2.75) is 59.2 Å². The molecule has 1 N–H and O–H groups in total. The van der Waals surface area contributed by atoms with Gasteiger partial charge in [0.15, 0.2) is 0 Å². The minimum Gasteiger partial charge on any atom is -0.497 e. The average molecular weight is 397 g/mol. The Balaban J connectivity index is 2.27. The number of rotatable bonds is 9. The summed E-state index contributed by atoms with van der Waals surface area (Å²) in [6.07, 6.45) is 0.816. The molecule has 2 rings (SSSR count). The van der Waals surface area contributed by atoms with E-state index in [4.69, 9.17) is 4.74 Å². The summed E-state index contributed by atoms with van der Waals surface area (Å²) in [6.45, 7) is 8.17. The molecular weight excluding hydrogens is 364 g/mol.